The van der Waals surface area contributed by atoms with Gasteiger partial charge in [-0.1, -0.05) is 0 Å². The van der Waals surface area contributed by atoms with Crippen LogP contribution in [-0.2, 0) is 11.3 Å². The largest absolute Gasteiger partial charge is 1.00 e. The van der Waals surface area contributed by atoms with E-state index in [-0.39, 0.29) is 36.4 Å². The first kappa shape index (κ1) is 12.3. The molecule has 0 saturated carbocycles. The van der Waals surface area contributed by atoms with Gasteiger partial charge in [0.2, 0.25) is 6.54 Å². The molecular weight excluding hydrogens is 279 g/mol. The molecule has 13 heavy (non-hydrogen) atoms. The van der Waals surface area contributed by atoms with Gasteiger partial charge in [-0.25, -0.2) is 0 Å². The van der Waals surface area contributed by atoms with Gasteiger partial charge in [-0.05, 0) is 19.9 Å². The van der Waals surface area contributed by atoms with Crippen LogP contribution in [0.5, 0.6) is 0 Å². The van der Waals surface area contributed by atoms with Gasteiger partial charge in [0, 0.05) is 11.1 Å². The van der Waals surface area contributed by atoms with E-state index in [1.807, 2.05) is 26.2 Å². The Bertz CT molecular complexity index is 292. The van der Waals surface area contributed by atoms with E-state index in [2.05, 4.69) is 6.07 Å². The number of amides is 1. The average molecular weight is 292 g/mol. The highest BCUT2D eigenvalue weighted by Gasteiger charge is 2.05. The molecular formula is C9H13IN2O. The molecule has 0 atom stereocenters. The van der Waals surface area contributed by atoms with E-state index >= 15 is 0 Å². The lowest BCUT2D eigenvalue weighted by Gasteiger charge is -1.96. The molecule has 3 nitrogen and oxygen atoms in total. The predicted octanol–water partition coefficient (Wildman–Crippen LogP) is -2.92. The quantitative estimate of drug-likeness (QED) is 0.461. The molecule has 4 heteroatoms. The van der Waals surface area contributed by atoms with Gasteiger partial charge >= 0.3 is 0 Å². The molecule has 1 aromatic heterocycles. The third kappa shape index (κ3) is 4.21. The van der Waals surface area contributed by atoms with Gasteiger partial charge in [0.25, 0.3) is 5.91 Å². The van der Waals surface area contributed by atoms with Crippen molar-refractivity contribution in [1.29, 1.82) is 0 Å². The van der Waals surface area contributed by atoms with Gasteiger partial charge in [0.1, 0.15) is 0 Å². The van der Waals surface area contributed by atoms with Gasteiger partial charge < -0.3 is 29.7 Å². The first-order chi connectivity index (χ1) is 5.58. The summed E-state index contributed by atoms with van der Waals surface area (Å²) in [7, 11) is 0. The SMILES string of the molecule is Cc1cc(C)c[n+](CC(N)=O)c1.[I-]. The van der Waals surface area contributed by atoms with Crippen LogP contribution in [0.25, 0.3) is 0 Å². The van der Waals surface area contributed by atoms with E-state index in [0.29, 0.717) is 0 Å². The summed E-state index contributed by atoms with van der Waals surface area (Å²) in [6.07, 6.45) is 3.80. The Labute approximate surface area is 95.0 Å². The van der Waals surface area contributed by atoms with Crippen molar-refractivity contribution in [3.8, 4) is 0 Å². The zero-order valence-corrected chi connectivity index (χ0v) is 9.91. The van der Waals surface area contributed by atoms with Crippen molar-refractivity contribution in [3.05, 3.63) is 29.6 Å². The lowest BCUT2D eigenvalue weighted by molar-refractivity contribution is -0.684. The van der Waals surface area contributed by atoms with Gasteiger partial charge in [0.15, 0.2) is 12.4 Å². The number of primary amides is 1. The van der Waals surface area contributed by atoms with Crippen molar-refractivity contribution in [2.45, 2.75) is 20.4 Å². The number of carbonyl (C=O) groups is 1. The molecule has 0 radical (unpaired) electrons. The molecule has 0 spiro atoms. The molecule has 1 amide bonds. The third-order valence-corrected chi connectivity index (χ3v) is 1.53. The topological polar surface area (TPSA) is 47.0 Å². The summed E-state index contributed by atoms with van der Waals surface area (Å²) in [5.74, 6) is -0.315. The Balaban J connectivity index is 0.00000144. The summed E-state index contributed by atoms with van der Waals surface area (Å²) in [5, 5.41) is 0. The van der Waals surface area contributed by atoms with Gasteiger partial charge in [-0.2, -0.15) is 4.57 Å². The number of hydrogen-bond acceptors (Lipinski definition) is 1. The Morgan fingerprint density at radius 2 is 1.85 bits per heavy atom. The molecule has 2 N–H and O–H groups in total. The summed E-state index contributed by atoms with van der Waals surface area (Å²) in [4.78, 5) is 10.6. The van der Waals surface area contributed by atoms with E-state index < -0.39 is 0 Å². The summed E-state index contributed by atoms with van der Waals surface area (Å²) >= 11 is 0. The maximum Gasteiger partial charge on any atom is 0.283 e. The van der Waals surface area contributed by atoms with Gasteiger partial charge in [0.05, 0.1) is 0 Å². The molecule has 0 aliphatic rings. The van der Waals surface area contributed by atoms with Crippen LogP contribution in [0.15, 0.2) is 18.5 Å². The number of hydrogen-bond donors (Lipinski definition) is 1. The highest BCUT2D eigenvalue weighted by Crippen LogP contribution is 1.96. The van der Waals surface area contributed by atoms with Crippen LogP contribution in [-0.4, -0.2) is 5.91 Å². The second-order valence-electron chi connectivity index (χ2n) is 3.03. The smallest absolute Gasteiger partial charge is 0.283 e. The fraction of sp³-hybridized carbons (Fsp3) is 0.333. The second kappa shape index (κ2) is 5.16. The van der Waals surface area contributed by atoms with E-state index in [4.69, 9.17) is 5.73 Å². The predicted molar refractivity (Wildman–Crippen MR) is 45.3 cm³/mol. The minimum atomic E-state index is -0.315. The second-order valence-corrected chi connectivity index (χ2v) is 3.03. The van der Waals surface area contributed by atoms with Crippen LogP contribution in [0.4, 0.5) is 0 Å². The number of halogens is 1. The van der Waals surface area contributed by atoms with Crippen LogP contribution in [0.2, 0.25) is 0 Å². The Morgan fingerprint density at radius 3 is 2.23 bits per heavy atom. The molecule has 1 rings (SSSR count). The highest BCUT2D eigenvalue weighted by molar-refractivity contribution is 5.72. The minimum Gasteiger partial charge on any atom is -1.00 e. The molecule has 0 aromatic carbocycles. The summed E-state index contributed by atoms with van der Waals surface area (Å²) < 4.78 is 1.80. The van der Waals surface area contributed by atoms with Crippen molar-refractivity contribution in [2.24, 2.45) is 5.73 Å². The number of aryl methyl sites for hydroxylation is 2. The number of carbonyl (C=O) groups excluding carboxylic acids is 1. The molecule has 0 aliphatic carbocycles. The van der Waals surface area contributed by atoms with E-state index in [1.165, 1.54) is 0 Å². The van der Waals surface area contributed by atoms with Crippen molar-refractivity contribution < 1.29 is 33.3 Å². The van der Waals surface area contributed by atoms with Crippen LogP contribution < -0.4 is 34.3 Å². The fourth-order valence-electron chi connectivity index (χ4n) is 1.27. The molecule has 0 unspecified atom stereocenters. The molecule has 0 fully saturated rings. The first-order valence-electron chi connectivity index (χ1n) is 3.83. The Kier molecular flexibility index (Phi) is 4.90. The monoisotopic (exact) mass is 292 g/mol. The maximum absolute atomic E-state index is 10.6. The molecule has 0 bridgehead atoms. The minimum absolute atomic E-state index is 0. The molecule has 72 valence electrons. The highest BCUT2D eigenvalue weighted by atomic mass is 127. The average Bonchev–Trinajstić information content (AvgIpc) is 1.81. The van der Waals surface area contributed by atoms with Gasteiger partial charge in [-0.15, -0.1) is 0 Å². The molecule has 0 aliphatic heterocycles. The van der Waals surface area contributed by atoms with Crippen molar-refractivity contribution >= 4 is 5.91 Å². The molecule has 1 heterocycles. The molecule has 0 saturated heterocycles. The van der Waals surface area contributed by atoms with Crippen molar-refractivity contribution in [3.63, 3.8) is 0 Å². The number of rotatable bonds is 2. The first-order valence-corrected chi connectivity index (χ1v) is 3.83. The van der Waals surface area contributed by atoms with Gasteiger partial charge in [-0.3, -0.25) is 4.79 Å². The lowest BCUT2D eigenvalue weighted by Crippen LogP contribution is -3.00. The molecule has 1 aromatic rings. The van der Waals surface area contributed by atoms with E-state index in [0.717, 1.165) is 11.1 Å². The van der Waals surface area contributed by atoms with E-state index in [9.17, 15) is 4.79 Å². The fourth-order valence-corrected chi connectivity index (χ4v) is 1.27. The number of nitrogens with zero attached hydrogens (tertiary/aromatic N) is 1. The van der Waals surface area contributed by atoms with Crippen molar-refractivity contribution in [1.82, 2.24) is 0 Å². The summed E-state index contributed by atoms with van der Waals surface area (Å²) in [5.41, 5.74) is 7.34. The number of aromatic nitrogens is 1. The standard InChI is InChI=1S/C9H12N2O.HI/c1-7-3-8(2)5-11(4-7)6-9(10)12;/h3-5H,6H2,1-2H3,(H-,10,12);1H. The van der Waals surface area contributed by atoms with Crippen LogP contribution in [0, 0.1) is 13.8 Å². The maximum atomic E-state index is 10.6. The van der Waals surface area contributed by atoms with E-state index in [1.54, 1.807) is 4.57 Å². The Morgan fingerprint density at radius 1 is 1.38 bits per heavy atom. The number of nitrogens with two attached hydrogens (primary N) is 1. The van der Waals surface area contributed by atoms with Crippen LogP contribution in [0.3, 0.4) is 0 Å². The normalized spacial score (nSPS) is 9.08. The van der Waals surface area contributed by atoms with Crippen molar-refractivity contribution in [2.75, 3.05) is 0 Å². The summed E-state index contributed by atoms with van der Waals surface area (Å²) in [6, 6.07) is 2.05. The summed E-state index contributed by atoms with van der Waals surface area (Å²) in [6.45, 7) is 4.23. The zero-order chi connectivity index (χ0) is 9.14. The Hall–Kier alpha value is -0.650. The van der Waals surface area contributed by atoms with Crippen LogP contribution in [0.1, 0.15) is 11.1 Å². The number of pyridine rings is 1. The van der Waals surface area contributed by atoms with Crippen LogP contribution >= 0.6 is 0 Å². The lowest BCUT2D eigenvalue weighted by atomic mass is 10.2. The zero-order valence-electron chi connectivity index (χ0n) is 7.75. The third-order valence-electron chi connectivity index (χ3n) is 1.53.